The summed E-state index contributed by atoms with van der Waals surface area (Å²) in [4.78, 5) is 27.2. The number of carbonyl (C=O) groups is 2. The van der Waals surface area contributed by atoms with Crippen molar-refractivity contribution >= 4 is 50.7 Å². The Labute approximate surface area is 203 Å². The molecular formula is C22H26Cl2FN3O4S. The molecule has 0 aliphatic heterocycles. The molecule has 0 saturated carbocycles. The van der Waals surface area contributed by atoms with Gasteiger partial charge in [-0.25, -0.2) is 12.8 Å². The molecule has 180 valence electrons. The Hall–Kier alpha value is -2.36. The highest BCUT2D eigenvalue weighted by molar-refractivity contribution is 7.92. The molecule has 0 saturated heterocycles. The van der Waals surface area contributed by atoms with Crippen molar-refractivity contribution < 1.29 is 22.4 Å². The lowest BCUT2D eigenvalue weighted by molar-refractivity contribution is -0.139. The zero-order chi connectivity index (χ0) is 24.8. The minimum Gasteiger partial charge on any atom is -0.354 e. The molecule has 1 N–H and O–H groups in total. The van der Waals surface area contributed by atoms with Gasteiger partial charge >= 0.3 is 0 Å². The van der Waals surface area contributed by atoms with Gasteiger partial charge in [-0.15, -0.1) is 0 Å². The average Bonchev–Trinajstić information content (AvgIpc) is 2.75. The second-order valence-corrected chi connectivity index (χ2v) is 10.2. The Kier molecular flexibility index (Phi) is 9.51. The third-order valence-corrected chi connectivity index (χ3v) is 6.71. The number of sulfonamides is 1. The monoisotopic (exact) mass is 517 g/mol. The minimum absolute atomic E-state index is 0.00317. The molecule has 2 rings (SSSR count). The van der Waals surface area contributed by atoms with E-state index in [1.165, 1.54) is 23.1 Å². The van der Waals surface area contributed by atoms with E-state index >= 15 is 0 Å². The van der Waals surface area contributed by atoms with Crippen LogP contribution >= 0.6 is 23.2 Å². The number of carbonyl (C=O) groups excluding carboxylic acids is 2. The summed E-state index contributed by atoms with van der Waals surface area (Å²) in [7, 11) is -3.93. The van der Waals surface area contributed by atoms with E-state index in [9.17, 15) is 22.4 Å². The van der Waals surface area contributed by atoms with E-state index in [2.05, 4.69) is 5.32 Å². The Balaban J connectivity index is 2.39. The average molecular weight is 518 g/mol. The zero-order valence-electron chi connectivity index (χ0n) is 18.5. The van der Waals surface area contributed by atoms with Crippen LogP contribution in [0.15, 0.2) is 42.5 Å². The maximum absolute atomic E-state index is 13.7. The fraction of sp³-hybridized carbons (Fsp3) is 0.364. The highest BCUT2D eigenvalue weighted by Gasteiger charge is 2.30. The van der Waals surface area contributed by atoms with Crippen LogP contribution in [0.3, 0.4) is 0 Å². The maximum Gasteiger partial charge on any atom is 0.244 e. The first-order valence-electron chi connectivity index (χ1n) is 10.2. The second-order valence-electron chi connectivity index (χ2n) is 7.49. The summed E-state index contributed by atoms with van der Waals surface area (Å²) in [6.07, 6.45) is 1.63. The smallest absolute Gasteiger partial charge is 0.244 e. The predicted molar refractivity (Wildman–Crippen MR) is 128 cm³/mol. The molecule has 33 heavy (non-hydrogen) atoms. The van der Waals surface area contributed by atoms with Crippen LogP contribution in [0.2, 0.25) is 10.0 Å². The SMILES string of the molecule is CCCNC(=O)C(C)N(Cc1ccc(Cl)c(Cl)c1)C(=O)CN(c1cccc(F)c1)S(C)(=O)=O. The third-order valence-electron chi connectivity index (χ3n) is 4.83. The van der Waals surface area contributed by atoms with Crippen LogP contribution in [0, 0.1) is 5.82 Å². The molecule has 2 aromatic rings. The number of halogens is 3. The number of nitrogens with one attached hydrogen (secondary N) is 1. The highest BCUT2D eigenvalue weighted by Crippen LogP contribution is 2.24. The molecule has 7 nitrogen and oxygen atoms in total. The Bertz CT molecular complexity index is 1110. The highest BCUT2D eigenvalue weighted by atomic mass is 35.5. The first-order valence-corrected chi connectivity index (χ1v) is 12.8. The van der Waals surface area contributed by atoms with Gasteiger partial charge in [0.1, 0.15) is 18.4 Å². The van der Waals surface area contributed by atoms with Gasteiger partial charge in [-0.05, 0) is 49.2 Å². The molecule has 2 aromatic carbocycles. The van der Waals surface area contributed by atoms with Gasteiger partial charge in [0.05, 0.1) is 22.0 Å². The molecule has 0 aliphatic carbocycles. The topological polar surface area (TPSA) is 86.8 Å². The second kappa shape index (κ2) is 11.7. The number of anilines is 1. The van der Waals surface area contributed by atoms with Crippen molar-refractivity contribution in [3.05, 3.63) is 63.9 Å². The van der Waals surface area contributed by atoms with Crippen LogP contribution < -0.4 is 9.62 Å². The predicted octanol–water partition coefficient (Wildman–Crippen LogP) is 3.84. The molecular weight excluding hydrogens is 492 g/mol. The summed E-state index contributed by atoms with van der Waals surface area (Å²) in [5, 5.41) is 3.35. The molecule has 0 spiro atoms. The first kappa shape index (κ1) is 26.9. The van der Waals surface area contributed by atoms with E-state index in [0.29, 0.717) is 23.6 Å². The van der Waals surface area contributed by atoms with E-state index in [0.717, 1.165) is 16.6 Å². The molecule has 0 aliphatic rings. The minimum atomic E-state index is -3.93. The van der Waals surface area contributed by atoms with Crippen LogP contribution in [0.25, 0.3) is 0 Å². The van der Waals surface area contributed by atoms with Crippen LogP contribution in [0.5, 0.6) is 0 Å². The molecule has 0 heterocycles. The number of nitrogens with zero attached hydrogens (tertiary/aromatic N) is 2. The van der Waals surface area contributed by atoms with Crippen molar-refractivity contribution in [1.82, 2.24) is 10.2 Å². The fourth-order valence-electron chi connectivity index (χ4n) is 3.06. The fourth-order valence-corrected chi connectivity index (χ4v) is 4.22. The Morgan fingerprint density at radius 3 is 2.39 bits per heavy atom. The van der Waals surface area contributed by atoms with E-state index in [4.69, 9.17) is 23.2 Å². The number of hydrogen-bond acceptors (Lipinski definition) is 4. The molecule has 0 fully saturated rings. The summed E-state index contributed by atoms with van der Waals surface area (Å²) in [5.74, 6) is -1.68. The van der Waals surface area contributed by atoms with Crippen molar-refractivity contribution in [2.75, 3.05) is 23.7 Å². The van der Waals surface area contributed by atoms with Crippen LogP contribution in [0.4, 0.5) is 10.1 Å². The van der Waals surface area contributed by atoms with Crippen LogP contribution in [-0.4, -0.2) is 50.5 Å². The summed E-state index contributed by atoms with van der Waals surface area (Å²) >= 11 is 12.1. The lowest BCUT2D eigenvalue weighted by Gasteiger charge is -2.31. The summed E-state index contributed by atoms with van der Waals surface area (Å²) < 4.78 is 39.3. The van der Waals surface area contributed by atoms with Gasteiger partial charge in [-0.1, -0.05) is 42.3 Å². The Morgan fingerprint density at radius 1 is 1.12 bits per heavy atom. The van der Waals surface area contributed by atoms with Gasteiger partial charge in [0, 0.05) is 13.1 Å². The lowest BCUT2D eigenvalue weighted by atomic mass is 10.1. The van der Waals surface area contributed by atoms with Gasteiger partial charge in [0.25, 0.3) is 0 Å². The van der Waals surface area contributed by atoms with Gasteiger partial charge in [0.2, 0.25) is 21.8 Å². The molecule has 1 unspecified atom stereocenters. The van der Waals surface area contributed by atoms with Gasteiger partial charge < -0.3 is 10.2 Å². The van der Waals surface area contributed by atoms with Crippen LogP contribution in [-0.2, 0) is 26.2 Å². The maximum atomic E-state index is 13.7. The van der Waals surface area contributed by atoms with E-state index < -0.39 is 34.3 Å². The first-order chi connectivity index (χ1) is 15.4. The Morgan fingerprint density at radius 2 is 1.82 bits per heavy atom. The number of rotatable bonds is 10. The van der Waals surface area contributed by atoms with Gasteiger partial charge in [0.15, 0.2) is 0 Å². The molecule has 0 radical (unpaired) electrons. The van der Waals surface area contributed by atoms with Crippen molar-refractivity contribution in [1.29, 1.82) is 0 Å². The van der Waals surface area contributed by atoms with Gasteiger partial charge in [-0.2, -0.15) is 0 Å². The van der Waals surface area contributed by atoms with Crippen molar-refractivity contribution in [3.63, 3.8) is 0 Å². The zero-order valence-corrected chi connectivity index (χ0v) is 20.8. The third kappa shape index (κ3) is 7.58. The van der Waals surface area contributed by atoms with Crippen LogP contribution in [0.1, 0.15) is 25.8 Å². The van der Waals surface area contributed by atoms with Crippen molar-refractivity contribution in [2.45, 2.75) is 32.9 Å². The molecule has 2 amide bonds. The van der Waals surface area contributed by atoms with E-state index in [1.807, 2.05) is 6.92 Å². The van der Waals surface area contributed by atoms with Crippen molar-refractivity contribution in [3.8, 4) is 0 Å². The largest absolute Gasteiger partial charge is 0.354 e. The quantitative estimate of drug-likeness (QED) is 0.518. The molecule has 0 bridgehead atoms. The summed E-state index contributed by atoms with van der Waals surface area (Å²) in [6, 6.07) is 8.82. The number of amides is 2. The summed E-state index contributed by atoms with van der Waals surface area (Å²) in [5.41, 5.74) is 0.605. The molecule has 11 heteroatoms. The van der Waals surface area contributed by atoms with E-state index in [1.54, 1.807) is 25.1 Å². The summed E-state index contributed by atoms with van der Waals surface area (Å²) in [6.45, 7) is 3.24. The molecule has 1 atom stereocenters. The normalized spacial score (nSPS) is 12.2. The van der Waals surface area contributed by atoms with Gasteiger partial charge in [-0.3, -0.25) is 13.9 Å². The molecule has 0 aromatic heterocycles. The number of hydrogen-bond donors (Lipinski definition) is 1. The van der Waals surface area contributed by atoms with Crippen molar-refractivity contribution in [2.24, 2.45) is 0 Å². The van der Waals surface area contributed by atoms with E-state index in [-0.39, 0.29) is 23.2 Å². The standard InChI is InChI=1S/C22H26Cl2FN3O4S/c1-4-10-26-22(30)15(2)27(13-16-8-9-19(23)20(24)11-16)21(29)14-28(33(3,31)32)18-7-5-6-17(25)12-18/h5-9,11-12,15H,4,10,13-14H2,1-3H3,(H,26,30). The number of benzene rings is 2. The lowest BCUT2D eigenvalue weighted by Crippen LogP contribution is -2.51.